The maximum atomic E-state index is 13.0. The van der Waals surface area contributed by atoms with Crippen LogP contribution in [0.5, 0.6) is 0 Å². The molecule has 1 amide bonds. The molecule has 1 aromatic carbocycles. The zero-order valence-electron chi connectivity index (χ0n) is 12.8. The molecule has 0 aromatic heterocycles. The fraction of sp³-hybridized carbons (Fsp3) is 0.562. The van der Waals surface area contributed by atoms with Crippen molar-refractivity contribution in [1.29, 1.82) is 0 Å². The molecule has 1 aliphatic heterocycles. The third-order valence-electron chi connectivity index (χ3n) is 3.88. The molecule has 5 heteroatoms. The molecule has 21 heavy (non-hydrogen) atoms. The molecule has 1 aliphatic rings. The first kappa shape index (κ1) is 15.9. The Balaban J connectivity index is 1.90. The van der Waals surface area contributed by atoms with Crippen molar-refractivity contribution in [1.82, 2.24) is 15.1 Å². The Kier molecular flexibility index (Phi) is 5.70. The van der Waals surface area contributed by atoms with Crippen molar-refractivity contribution < 1.29 is 9.18 Å². The first-order valence-corrected chi connectivity index (χ1v) is 7.50. The number of benzene rings is 1. The largest absolute Gasteiger partial charge is 0.353 e. The van der Waals surface area contributed by atoms with Crippen LogP contribution in [0.25, 0.3) is 0 Å². The van der Waals surface area contributed by atoms with Gasteiger partial charge in [0.25, 0.3) is 0 Å². The van der Waals surface area contributed by atoms with Crippen molar-refractivity contribution in [2.45, 2.75) is 18.9 Å². The van der Waals surface area contributed by atoms with Gasteiger partial charge in [-0.05, 0) is 57.7 Å². The number of rotatable bonds is 6. The zero-order chi connectivity index (χ0) is 15.2. The molecule has 1 aromatic rings. The number of carbonyl (C=O) groups excluding carboxylic acids is 1. The Morgan fingerprint density at radius 3 is 2.48 bits per heavy atom. The fourth-order valence-electron chi connectivity index (χ4n) is 2.77. The van der Waals surface area contributed by atoms with Crippen LogP contribution in [0, 0.1) is 5.82 Å². The molecule has 4 nitrogen and oxygen atoms in total. The monoisotopic (exact) mass is 293 g/mol. The summed E-state index contributed by atoms with van der Waals surface area (Å²) < 4.78 is 13.0. The number of carbonyl (C=O) groups is 1. The first-order valence-electron chi connectivity index (χ1n) is 7.50. The van der Waals surface area contributed by atoms with Crippen LogP contribution in [0.1, 0.15) is 24.4 Å². The molecular weight excluding hydrogens is 269 g/mol. The number of halogens is 1. The van der Waals surface area contributed by atoms with E-state index in [4.69, 9.17) is 0 Å². The Labute approximate surface area is 125 Å². The maximum absolute atomic E-state index is 13.0. The smallest absolute Gasteiger partial charge is 0.241 e. The quantitative estimate of drug-likeness (QED) is 0.866. The molecule has 1 heterocycles. The highest BCUT2D eigenvalue weighted by Crippen LogP contribution is 2.18. The van der Waals surface area contributed by atoms with Gasteiger partial charge in [0.2, 0.25) is 5.91 Å². The second kappa shape index (κ2) is 7.52. The van der Waals surface area contributed by atoms with Gasteiger partial charge in [-0.1, -0.05) is 12.1 Å². The van der Waals surface area contributed by atoms with Crippen LogP contribution in [0.3, 0.4) is 0 Å². The molecule has 0 saturated carbocycles. The zero-order valence-corrected chi connectivity index (χ0v) is 12.8. The van der Waals surface area contributed by atoms with E-state index in [9.17, 15) is 9.18 Å². The summed E-state index contributed by atoms with van der Waals surface area (Å²) in [5.41, 5.74) is 0.806. The van der Waals surface area contributed by atoms with Gasteiger partial charge in [0.05, 0.1) is 0 Å². The highest BCUT2D eigenvalue weighted by Gasteiger charge is 2.22. The van der Waals surface area contributed by atoms with E-state index in [1.165, 1.54) is 25.0 Å². The average molecular weight is 293 g/mol. The Morgan fingerprint density at radius 2 is 1.90 bits per heavy atom. The van der Waals surface area contributed by atoms with Crippen molar-refractivity contribution >= 4 is 5.91 Å². The van der Waals surface area contributed by atoms with Gasteiger partial charge >= 0.3 is 0 Å². The second-order valence-corrected chi connectivity index (χ2v) is 5.76. The highest BCUT2D eigenvalue weighted by molar-refractivity contribution is 5.83. The van der Waals surface area contributed by atoms with E-state index in [-0.39, 0.29) is 17.8 Å². The number of nitrogens with one attached hydrogen (secondary N) is 1. The number of nitrogens with zero attached hydrogens (tertiary/aromatic N) is 2. The lowest BCUT2D eigenvalue weighted by Crippen LogP contribution is -2.40. The average Bonchev–Trinajstić information content (AvgIpc) is 2.94. The molecule has 1 N–H and O–H groups in total. The van der Waals surface area contributed by atoms with E-state index in [0.29, 0.717) is 6.54 Å². The van der Waals surface area contributed by atoms with E-state index in [1.807, 2.05) is 19.0 Å². The van der Waals surface area contributed by atoms with Crippen LogP contribution < -0.4 is 5.32 Å². The van der Waals surface area contributed by atoms with Gasteiger partial charge in [-0.2, -0.15) is 0 Å². The summed E-state index contributed by atoms with van der Waals surface area (Å²) in [7, 11) is 3.71. The van der Waals surface area contributed by atoms with Gasteiger partial charge in [0.1, 0.15) is 11.9 Å². The molecular formula is C16H24FN3O. The number of likely N-dealkylation sites (tertiary alicyclic amines) is 1. The van der Waals surface area contributed by atoms with Crippen LogP contribution in [0.15, 0.2) is 24.3 Å². The summed E-state index contributed by atoms with van der Waals surface area (Å²) in [6.45, 7) is 3.82. The van der Waals surface area contributed by atoms with Crippen LogP contribution in [0.2, 0.25) is 0 Å². The van der Waals surface area contributed by atoms with Gasteiger partial charge in [0.15, 0.2) is 0 Å². The minimum atomic E-state index is -0.385. The molecule has 2 rings (SSSR count). The minimum Gasteiger partial charge on any atom is -0.353 e. The van der Waals surface area contributed by atoms with Crippen molar-refractivity contribution in [2.24, 2.45) is 0 Å². The molecule has 1 saturated heterocycles. The standard InChI is InChI=1S/C16H24FN3O/c1-19(2)15(13-5-7-14(17)8-6-13)16(21)18-9-12-20-10-3-4-11-20/h5-8,15H,3-4,9-12H2,1-2H3,(H,18,21)/t15-/m0/s1. The number of hydrogen-bond donors (Lipinski definition) is 1. The molecule has 0 bridgehead atoms. The van der Waals surface area contributed by atoms with Crippen molar-refractivity contribution in [3.05, 3.63) is 35.6 Å². The highest BCUT2D eigenvalue weighted by atomic mass is 19.1. The minimum absolute atomic E-state index is 0.0363. The molecule has 0 radical (unpaired) electrons. The van der Waals surface area contributed by atoms with E-state index in [1.54, 1.807) is 12.1 Å². The normalized spacial score (nSPS) is 17.1. The summed E-state index contributed by atoms with van der Waals surface area (Å²) in [5.74, 6) is -0.323. The molecule has 1 atom stereocenters. The summed E-state index contributed by atoms with van der Waals surface area (Å²) in [5, 5.41) is 2.99. The second-order valence-electron chi connectivity index (χ2n) is 5.76. The summed E-state index contributed by atoms with van der Waals surface area (Å²) in [6.07, 6.45) is 2.51. The van der Waals surface area contributed by atoms with E-state index < -0.39 is 0 Å². The SMILES string of the molecule is CN(C)[C@H](C(=O)NCCN1CCCC1)c1ccc(F)cc1. The third kappa shape index (κ3) is 4.51. The van der Waals surface area contributed by atoms with Crippen LogP contribution in [0.4, 0.5) is 4.39 Å². The van der Waals surface area contributed by atoms with Gasteiger partial charge in [-0.15, -0.1) is 0 Å². The predicted octanol–water partition coefficient (Wildman–Crippen LogP) is 1.64. The summed E-state index contributed by atoms with van der Waals surface area (Å²) >= 11 is 0. The Bertz CT molecular complexity index is 455. The molecule has 1 fully saturated rings. The van der Waals surface area contributed by atoms with Gasteiger partial charge in [-0.25, -0.2) is 4.39 Å². The van der Waals surface area contributed by atoms with E-state index in [2.05, 4.69) is 10.2 Å². The third-order valence-corrected chi connectivity index (χ3v) is 3.88. The molecule has 0 spiro atoms. The van der Waals surface area contributed by atoms with Crippen molar-refractivity contribution in [3.8, 4) is 0 Å². The predicted molar refractivity (Wildman–Crippen MR) is 81.5 cm³/mol. The lowest BCUT2D eigenvalue weighted by Gasteiger charge is -2.24. The molecule has 116 valence electrons. The number of amides is 1. The summed E-state index contributed by atoms with van der Waals surface area (Å²) in [6, 6.07) is 5.73. The van der Waals surface area contributed by atoms with E-state index in [0.717, 1.165) is 25.2 Å². The van der Waals surface area contributed by atoms with Crippen molar-refractivity contribution in [3.63, 3.8) is 0 Å². The number of hydrogen-bond acceptors (Lipinski definition) is 3. The van der Waals surface area contributed by atoms with Crippen LogP contribution >= 0.6 is 0 Å². The summed E-state index contributed by atoms with van der Waals surface area (Å²) in [4.78, 5) is 16.6. The lowest BCUT2D eigenvalue weighted by atomic mass is 10.1. The first-order chi connectivity index (χ1) is 10.1. The van der Waals surface area contributed by atoms with Gasteiger partial charge in [0, 0.05) is 13.1 Å². The molecule has 0 aliphatic carbocycles. The maximum Gasteiger partial charge on any atom is 0.241 e. The topological polar surface area (TPSA) is 35.6 Å². The van der Waals surface area contributed by atoms with Crippen molar-refractivity contribution in [2.75, 3.05) is 40.3 Å². The van der Waals surface area contributed by atoms with Gasteiger partial charge < -0.3 is 10.2 Å². The van der Waals surface area contributed by atoms with Crippen LogP contribution in [-0.4, -0.2) is 56.0 Å². The lowest BCUT2D eigenvalue weighted by molar-refractivity contribution is -0.125. The van der Waals surface area contributed by atoms with Crippen LogP contribution in [-0.2, 0) is 4.79 Å². The Hall–Kier alpha value is -1.46. The fourth-order valence-corrected chi connectivity index (χ4v) is 2.77. The Morgan fingerprint density at radius 1 is 1.29 bits per heavy atom. The van der Waals surface area contributed by atoms with E-state index >= 15 is 0 Å². The molecule has 0 unspecified atom stereocenters. The number of likely N-dealkylation sites (N-methyl/N-ethyl adjacent to an activating group) is 1. The van der Waals surface area contributed by atoms with Gasteiger partial charge in [-0.3, -0.25) is 9.69 Å².